The van der Waals surface area contributed by atoms with E-state index in [4.69, 9.17) is 0 Å². The molecule has 1 aliphatic heterocycles. The smallest absolute Gasteiger partial charge is 0.222 e. The molecule has 1 aliphatic rings. The van der Waals surface area contributed by atoms with Gasteiger partial charge in [0, 0.05) is 32.6 Å². The van der Waals surface area contributed by atoms with E-state index >= 15 is 0 Å². The SMILES string of the molecule is CCCC(=O)N1CCN([C@@H](C)N(C)C)CC1. The van der Waals surface area contributed by atoms with E-state index in [1.807, 2.05) is 4.90 Å². The van der Waals surface area contributed by atoms with Crippen molar-refractivity contribution in [3.63, 3.8) is 0 Å². The van der Waals surface area contributed by atoms with Crippen molar-refractivity contribution in [3.8, 4) is 0 Å². The molecule has 94 valence electrons. The third-order valence-electron chi connectivity index (χ3n) is 3.41. The van der Waals surface area contributed by atoms with E-state index < -0.39 is 0 Å². The first-order valence-corrected chi connectivity index (χ1v) is 6.24. The van der Waals surface area contributed by atoms with Crippen LogP contribution in [-0.4, -0.2) is 67.0 Å². The molecule has 0 N–H and O–H groups in total. The molecule has 0 spiro atoms. The maximum absolute atomic E-state index is 11.7. The Labute approximate surface area is 99.2 Å². The van der Waals surface area contributed by atoms with Crippen LogP contribution in [0.15, 0.2) is 0 Å². The summed E-state index contributed by atoms with van der Waals surface area (Å²) in [5.41, 5.74) is 0. The van der Waals surface area contributed by atoms with Crippen molar-refractivity contribution in [1.82, 2.24) is 14.7 Å². The minimum atomic E-state index is 0.319. The summed E-state index contributed by atoms with van der Waals surface area (Å²) in [6.45, 7) is 8.03. The van der Waals surface area contributed by atoms with Crippen LogP contribution in [0.5, 0.6) is 0 Å². The lowest BCUT2D eigenvalue weighted by Gasteiger charge is -2.40. The van der Waals surface area contributed by atoms with E-state index in [0.717, 1.165) is 32.6 Å². The monoisotopic (exact) mass is 227 g/mol. The molecule has 4 heteroatoms. The van der Waals surface area contributed by atoms with Gasteiger partial charge in [-0.15, -0.1) is 0 Å². The second-order valence-electron chi connectivity index (χ2n) is 4.76. The molecule has 0 radical (unpaired) electrons. The van der Waals surface area contributed by atoms with Crippen molar-refractivity contribution in [2.45, 2.75) is 32.9 Å². The highest BCUT2D eigenvalue weighted by molar-refractivity contribution is 5.76. The summed E-state index contributed by atoms with van der Waals surface area (Å²) < 4.78 is 0. The quantitative estimate of drug-likeness (QED) is 0.712. The predicted octanol–water partition coefficient (Wildman–Crippen LogP) is 0.838. The van der Waals surface area contributed by atoms with Gasteiger partial charge in [0.15, 0.2) is 0 Å². The Kier molecular flexibility index (Phi) is 5.22. The highest BCUT2D eigenvalue weighted by atomic mass is 16.2. The summed E-state index contributed by atoms with van der Waals surface area (Å²) in [6.07, 6.45) is 2.11. The molecule has 0 bridgehead atoms. The van der Waals surface area contributed by atoms with Gasteiger partial charge >= 0.3 is 0 Å². The van der Waals surface area contributed by atoms with Gasteiger partial charge in [-0.2, -0.15) is 0 Å². The highest BCUT2D eigenvalue weighted by Crippen LogP contribution is 2.09. The van der Waals surface area contributed by atoms with Gasteiger partial charge in [0.2, 0.25) is 5.91 Å². The Balaban J connectivity index is 2.36. The van der Waals surface area contributed by atoms with Crippen LogP contribution < -0.4 is 0 Å². The van der Waals surface area contributed by atoms with Gasteiger partial charge in [0.1, 0.15) is 0 Å². The first-order valence-electron chi connectivity index (χ1n) is 6.24. The zero-order chi connectivity index (χ0) is 12.1. The van der Waals surface area contributed by atoms with E-state index in [0.29, 0.717) is 18.5 Å². The number of carbonyl (C=O) groups excluding carboxylic acids is 1. The second kappa shape index (κ2) is 6.21. The van der Waals surface area contributed by atoms with Crippen LogP contribution in [0, 0.1) is 0 Å². The van der Waals surface area contributed by atoms with Crippen LogP contribution in [-0.2, 0) is 4.79 Å². The van der Waals surface area contributed by atoms with E-state index in [-0.39, 0.29) is 0 Å². The van der Waals surface area contributed by atoms with Gasteiger partial charge < -0.3 is 4.90 Å². The zero-order valence-corrected chi connectivity index (χ0v) is 11.1. The molecule has 0 aromatic rings. The Hall–Kier alpha value is -0.610. The third-order valence-corrected chi connectivity index (χ3v) is 3.41. The van der Waals surface area contributed by atoms with Gasteiger partial charge in [0.05, 0.1) is 6.17 Å². The number of rotatable bonds is 4. The molecule has 16 heavy (non-hydrogen) atoms. The largest absolute Gasteiger partial charge is 0.340 e. The maximum Gasteiger partial charge on any atom is 0.222 e. The lowest BCUT2D eigenvalue weighted by molar-refractivity contribution is -0.133. The number of carbonyl (C=O) groups is 1. The molecule has 4 nitrogen and oxygen atoms in total. The van der Waals surface area contributed by atoms with Gasteiger partial charge in [0.25, 0.3) is 0 Å². The number of hydrogen-bond acceptors (Lipinski definition) is 3. The second-order valence-corrected chi connectivity index (χ2v) is 4.76. The number of amides is 1. The van der Waals surface area contributed by atoms with E-state index in [1.54, 1.807) is 0 Å². The minimum Gasteiger partial charge on any atom is -0.340 e. The highest BCUT2D eigenvalue weighted by Gasteiger charge is 2.23. The summed E-state index contributed by atoms with van der Waals surface area (Å²) in [4.78, 5) is 18.3. The summed E-state index contributed by atoms with van der Waals surface area (Å²) in [6, 6.07) is 0. The van der Waals surface area contributed by atoms with Crippen LogP contribution >= 0.6 is 0 Å². The molecular formula is C12H25N3O. The molecule has 1 rings (SSSR count). The van der Waals surface area contributed by atoms with Gasteiger partial charge in [-0.25, -0.2) is 0 Å². The molecule has 0 unspecified atom stereocenters. The molecule has 0 saturated carbocycles. The Morgan fingerprint density at radius 3 is 2.25 bits per heavy atom. The number of hydrogen-bond donors (Lipinski definition) is 0. The maximum atomic E-state index is 11.7. The summed E-state index contributed by atoms with van der Waals surface area (Å²) in [5, 5.41) is 0. The summed E-state index contributed by atoms with van der Waals surface area (Å²) in [5.74, 6) is 0.319. The molecule has 0 aromatic heterocycles. The average molecular weight is 227 g/mol. The van der Waals surface area contributed by atoms with Gasteiger partial charge in [-0.3, -0.25) is 14.6 Å². The van der Waals surface area contributed by atoms with Crippen LogP contribution in [0.25, 0.3) is 0 Å². The Morgan fingerprint density at radius 1 is 1.25 bits per heavy atom. The topological polar surface area (TPSA) is 26.8 Å². The van der Waals surface area contributed by atoms with Gasteiger partial charge in [-0.1, -0.05) is 6.92 Å². The summed E-state index contributed by atoms with van der Waals surface area (Å²) in [7, 11) is 4.19. The van der Waals surface area contributed by atoms with Crippen molar-refractivity contribution < 1.29 is 4.79 Å². The minimum absolute atomic E-state index is 0.319. The Bertz CT molecular complexity index is 222. The zero-order valence-electron chi connectivity index (χ0n) is 11.1. The molecule has 1 fully saturated rings. The third kappa shape index (κ3) is 3.46. The van der Waals surface area contributed by atoms with Crippen molar-refractivity contribution in [2.24, 2.45) is 0 Å². The lowest BCUT2D eigenvalue weighted by atomic mass is 10.2. The molecular weight excluding hydrogens is 202 g/mol. The molecule has 1 heterocycles. The molecule has 1 saturated heterocycles. The van der Waals surface area contributed by atoms with Crippen molar-refractivity contribution in [1.29, 1.82) is 0 Å². The normalized spacial score (nSPS) is 20.2. The molecule has 0 aliphatic carbocycles. The fraction of sp³-hybridized carbons (Fsp3) is 0.917. The first-order chi connectivity index (χ1) is 7.56. The average Bonchev–Trinajstić information content (AvgIpc) is 2.28. The van der Waals surface area contributed by atoms with E-state index in [2.05, 4.69) is 37.7 Å². The molecule has 0 aromatic carbocycles. The lowest BCUT2D eigenvalue weighted by Crippen LogP contribution is -2.54. The standard InChI is InChI=1S/C12H25N3O/c1-5-6-12(16)15-9-7-14(8-10-15)11(2)13(3)4/h11H,5-10H2,1-4H3/t11-/m0/s1. The Morgan fingerprint density at radius 2 is 1.81 bits per heavy atom. The van der Waals surface area contributed by atoms with E-state index in [9.17, 15) is 4.79 Å². The van der Waals surface area contributed by atoms with Crippen LogP contribution in [0.3, 0.4) is 0 Å². The predicted molar refractivity (Wildman–Crippen MR) is 66.2 cm³/mol. The number of nitrogens with zero attached hydrogens (tertiary/aromatic N) is 3. The van der Waals surface area contributed by atoms with Crippen molar-refractivity contribution >= 4 is 5.91 Å². The van der Waals surface area contributed by atoms with Gasteiger partial charge in [-0.05, 0) is 27.4 Å². The van der Waals surface area contributed by atoms with Crippen LogP contribution in [0.2, 0.25) is 0 Å². The van der Waals surface area contributed by atoms with Crippen molar-refractivity contribution in [3.05, 3.63) is 0 Å². The number of piperazine rings is 1. The molecule has 1 atom stereocenters. The van der Waals surface area contributed by atoms with Crippen molar-refractivity contribution in [2.75, 3.05) is 40.3 Å². The van der Waals surface area contributed by atoms with Crippen LogP contribution in [0.1, 0.15) is 26.7 Å². The first kappa shape index (κ1) is 13.5. The summed E-state index contributed by atoms with van der Waals surface area (Å²) >= 11 is 0. The molecule has 1 amide bonds. The van der Waals surface area contributed by atoms with Crippen LogP contribution in [0.4, 0.5) is 0 Å². The van der Waals surface area contributed by atoms with E-state index in [1.165, 1.54) is 0 Å². The fourth-order valence-electron chi connectivity index (χ4n) is 2.04. The fourth-order valence-corrected chi connectivity index (χ4v) is 2.04.